The summed E-state index contributed by atoms with van der Waals surface area (Å²) in [6, 6.07) is 15.6. The summed E-state index contributed by atoms with van der Waals surface area (Å²) < 4.78 is 0. The maximum absolute atomic E-state index is 12.4. The van der Waals surface area contributed by atoms with E-state index >= 15 is 0 Å². The lowest BCUT2D eigenvalue weighted by molar-refractivity contribution is -0.136. The Kier molecular flexibility index (Phi) is 7.87. The number of carbonyl (C=O) groups is 2. The number of para-hydroxylation sites is 1. The Morgan fingerprint density at radius 3 is 2.63 bits per heavy atom. The maximum atomic E-state index is 12.4. The Morgan fingerprint density at radius 1 is 1.13 bits per heavy atom. The first kappa shape index (κ1) is 21.9. The van der Waals surface area contributed by atoms with E-state index in [2.05, 4.69) is 34.7 Å². The highest BCUT2D eigenvalue weighted by molar-refractivity contribution is 7.99. The molecule has 8 heteroatoms. The van der Waals surface area contributed by atoms with Crippen LogP contribution >= 0.6 is 23.1 Å². The SMILES string of the molecule is CCCSc1ccccc1NCc1ccc(C(=O)Nc2nc(CC(=O)O)cs2)cc1. The van der Waals surface area contributed by atoms with Crippen LogP contribution in [0.3, 0.4) is 0 Å². The van der Waals surface area contributed by atoms with E-state index in [4.69, 9.17) is 5.11 Å². The molecule has 0 spiro atoms. The molecular formula is C22H23N3O3S2. The zero-order valence-electron chi connectivity index (χ0n) is 16.6. The van der Waals surface area contributed by atoms with Crippen molar-refractivity contribution < 1.29 is 14.7 Å². The number of anilines is 2. The van der Waals surface area contributed by atoms with E-state index in [1.54, 1.807) is 17.5 Å². The standard InChI is InChI=1S/C22H23N3O3S2/c1-2-11-29-19-6-4-3-5-18(19)23-13-15-7-9-16(10-8-15)21(28)25-22-24-17(14-30-22)12-20(26)27/h3-10,14,23H,2,11-13H2,1H3,(H,26,27)(H,24,25,28). The molecule has 3 aromatic rings. The Labute approximate surface area is 183 Å². The largest absolute Gasteiger partial charge is 0.481 e. The zero-order valence-corrected chi connectivity index (χ0v) is 18.2. The van der Waals surface area contributed by atoms with Gasteiger partial charge in [0.1, 0.15) is 0 Å². The minimum atomic E-state index is -0.950. The van der Waals surface area contributed by atoms with Crippen molar-refractivity contribution in [2.24, 2.45) is 0 Å². The van der Waals surface area contributed by atoms with Crippen LogP contribution in [0.2, 0.25) is 0 Å². The van der Waals surface area contributed by atoms with Gasteiger partial charge in [0.25, 0.3) is 5.91 Å². The van der Waals surface area contributed by atoms with Crippen LogP contribution in [0.1, 0.15) is 35.0 Å². The van der Waals surface area contributed by atoms with Gasteiger partial charge >= 0.3 is 5.97 Å². The number of benzene rings is 2. The minimum absolute atomic E-state index is 0.159. The van der Waals surface area contributed by atoms with Crippen molar-refractivity contribution in [3.8, 4) is 0 Å². The third kappa shape index (κ3) is 6.33. The highest BCUT2D eigenvalue weighted by Gasteiger charge is 2.11. The summed E-state index contributed by atoms with van der Waals surface area (Å²) >= 11 is 3.05. The van der Waals surface area contributed by atoms with Crippen LogP contribution in [0, 0.1) is 0 Å². The van der Waals surface area contributed by atoms with Crippen LogP contribution in [-0.2, 0) is 17.8 Å². The van der Waals surface area contributed by atoms with Gasteiger partial charge in [-0.2, -0.15) is 0 Å². The second-order valence-electron chi connectivity index (χ2n) is 6.56. The average molecular weight is 442 g/mol. The summed E-state index contributed by atoms with van der Waals surface area (Å²) in [5, 5.41) is 17.0. The van der Waals surface area contributed by atoms with Crippen molar-refractivity contribution in [3.05, 3.63) is 70.7 Å². The molecule has 1 heterocycles. The average Bonchev–Trinajstić information content (AvgIpc) is 3.17. The molecule has 0 aliphatic carbocycles. The third-order valence-corrected chi connectivity index (χ3v) is 6.24. The maximum Gasteiger partial charge on any atom is 0.309 e. The van der Waals surface area contributed by atoms with E-state index < -0.39 is 5.97 Å². The number of nitrogens with one attached hydrogen (secondary N) is 2. The molecular weight excluding hydrogens is 418 g/mol. The number of hydrogen-bond donors (Lipinski definition) is 3. The Hall–Kier alpha value is -2.84. The number of hydrogen-bond acceptors (Lipinski definition) is 6. The first-order valence-electron chi connectivity index (χ1n) is 9.57. The molecule has 6 nitrogen and oxygen atoms in total. The normalized spacial score (nSPS) is 10.6. The molecule has 0 fully saturated rings. The number of thiazole rings is 1. The summed E-state index contributed by atoms with van der Waals surface area (Å²) in [5.74, 6) is -0.139. The molecule has 156 valence electrons. The number of amides is 1. The number of nitrogens with zero attached hydrogens (tertiary/aromatic N) is 1. The molecule has 3 rings (SSSR count). The van der Waals surface area contributed by atoms with Gasteiger partial charge in [0.2, 0.25) is 0 Å². The summed E-state index contributed by atoms with van der Waals surface area (Å²) in [4.78, 5) is 28.5. The molecule has 0 aliphatic heterocycles. The predicted molar refractivity (Wildman–Crippen MR) is 123 cm³/mol. The Morgan fingerprint density at radius 2 is 1.90 bits per heavy atom. The molecule has 0 atom stereocenters. The third-order valence-electron chi connectivity index (χ3n) is 4.15. The van der Waals surface area contributed by atoms with Gasteiger partial charge in [-0.25, -0.2) is 4.98 Å². The van der Waals surface area contributed by atoms with Gasteiger partial charge in [-0.15, -0.1) is 23.1 Å². The Balaban J connectivity index is 1.56. The van der Waals surface area contributed by atoms with E-state index in [1.807, 2.05) is 36.0 Å². The fraction of sp³-hybridized carbons (Fsp3) is 0.227. The molecule has 3 N–H and O–H groups in total. The lowest BCUT2D eigenvalue weighted by Gasteiger charge is -2.12. The van der Waals surface area contributed by atoms with Crippen molar-refractivity contribution in [2.45, 2.75) is 31.2 Å². The first-order chi connectivity index (χ1) is 14.5. The second kappa shape index (κ2) is 10.8. The van der Waals surface area contributed by atoms with Gasteiger partial charge in [0.15, 0.2) is 5.13 Å². The molecule has 2 aromatic carbocycles. The van der Waals surface area contributed by atoms with Crippen LogP contribution in [0.15, 0.2) is 58.8 Å². The van der Waals surface area contributed by atoms with Gasteiger partial charge < -0.3 is 10.4 Å². The minimum Gasteiger partial charge on any atom is -0.481 e. The lowest BCUT2D eigenvalue weighted by Crippen LogP contribution is -2.12. The number of rotatable bonds is 10. The van der Waals surface area contributed by atoms with E-state index in [0.29, 0.717) is 22.9 Å². The van der Waals surface area contributed by atoms with Gasteiger partial charge in [-0.05, 0) is 42.0 Å². The molecule has 0 unspecified atom stereocenters. The van der Waals surface area contributed by atoms with Crippen LogP contribution in [0.25, 0.3) is 0 Å². The van der Waals surface area contributed by atoms with E-state index in [0.717, 1.165) is 23.4 Å². The van der Waals surface area contributed by atoms with Crippen molar-refractivity contribution in [1.29, 1.82) is 0 Å². The van der Waals surface area contributed by atoms with Crippen molar-refractivity contribution in [1.82, 2.24) is 4.98 Å². The molecule has 30 heavy (non-hydrogen) atoms. The van der Waals surface area contributed by atoms with Crippen molar-refractivity contribution in [2.75, 3.05) is 16.4 Å². The summed E-state index contributed by atoms with van der Waals surface area (Å²) in [5.41, 5.74) is 3.13. The monoisotopic (exact) mass is 441 g/mol. The van der Waals surface area contributed by atoms with Crippen LogP contribution in [-0.4, -0.2) is 27.7 Å². The van der Waals surface area contributed by atoms with Crippen molar-refractivity contribution >= 4 is 45.8 Å². The van der Waals surface area contributed by atoms with Crippen molar-refractivity contribution in [3.63, 3.8) is 0 Å². The lowest BCUT2D eigenvalue weighted by atomic mass is 10.1. The smallest absolute Gasteiger partial charge is 0.309 e. The fourth-order valence-electron chi connectivity index (χ4n) is 2.69. The quantitative estimate of drug-likeness (QED) is 0.378. The first-order valence-corrected chi connectivity index (χ1v) is 11.4. The molecule has 0 bridgehead atoms. The molecule has 0 saturated carbocycles. The highest BCUT2D eigenvalue weighted by Crippen LogP contribution is 2.27. The molecule has 0 saturated heterocycles. The van der Waals surface area contributed by atoms with E-state index in [1.165, 1.54) is 16.2 Å². The molecule has 1 amide bonds. The number of carboxylic acid groups (broad SMARTS) is 1. The summed E-state index contributed by atoms with van der Waals surface area (Å²) in [6.07, 6.45) is 0.971. The number of aliphatic carboxylic acids is 1. The topological polar surface area (TPSA) is 91.3 Å². The van der Waals surface area contributed by atoms with Crippen LogP contribution < -0.4 is 10.6 Å². The summed E-state index contributed by atoms with van der Waals surface area (Å²) in [6.45, 7) is 2.83. The predicted octanol–water partition coefficient (Wildman–Crippen LogP) is 5.14. The van der Waals surface area contributed by atoms with Crippen LogP contribution in [0.5, 0.6) is 0 Å². The molecule has 0 radical (unpaired) electrons. The number of carbonyl (C=O) groups excluding carboxylic acids is 1. The molecule has 0 aliphatic rings. The molecule has 1 aromatic heterocycles. The number of carboxylic acids is 1. The highest BCUT2D eigenvalue weighted by atomic mass is 32.2. The van der Waals surface area contributed by atoms with E-state index in [-0.39, 0.29) is 12.3 Å². The second-order valence-corrected chi connectivity index (χ2v) is 8.56. The summed E-state index contributed by atoms with van der Waals surface area (Å²) in [7, 11) is 0. The van der Waals surface area contributed by atoms with Crippen LogP contribution in [0.4, 0.5) is 10.8 Å². The van der Waals surface area contributed by atoms with E-state index in [9.17, 15) is 9.59 Å². The Bertz CT molecular complexity index is 1000. The number of thioether (sulfide) groups is 1. The number of aromatic nitrogens is 1. The van der Waals surface area contributed by atoms with Gasteiger partial charge in [0.05, 0.1) is 12.1 Å². The fourth-order valence-corrected chi connectivity index (χ4v) is 4.29. The van der Waals surface area contributed by atoms with Gasteiger partial charge in [-0.3, -0.25) is 14.9 Å². The zero-order chi connectivity index (χ0) is 21.3. The van der Waals surface area contributed by atoms with Gasteiger partial charge in [-0.1, -0.05) is 31.2 Å². The van der Waals surface area contributed by atoms with Gasteiger partial charge in [0, 0.05) is 28.1 Å².